The Morgan fingerprint density at radius 3 is 2.95 bits per heavy atom. The van der Waals surface area contributed by atoms with Gasteiger partial charge in [0, 0.05) is 18.5 Å². The number of hydrogen-bond acceptors (Lipinski definition) is 3. The summed E-state index contributed by atoms with van der Waals surface area (Å²) in [5.74, 6) is 0. The standard InChI is InChI=1S/C17H22N2O/c1-2-8-17(14-20)9-5-10-19(13-17)12-16-7-4-3-6-15(16)11-18/h2-4,6-7,20H,1,5,8-10,12-14H2/t17-/m1/s1. The number of aliphatic hydroxyl groups excluding tert-OH is 1. The largest absolute Gasteiger partial charge is 0.396 e. The molecule has 1 aliphatic rings. The number of piperidine rings is 1. The average molecular weight is 270 g/mol. The molecule has 0 saturated carbocycles. The molecule has 2 rings (SSSR count). The van der Waals surface area contributed by atoms with Crippen LogP contribution in [0.4, 0.5) is 0 Å². The number of aliphatic hydroxyl groups is 1. The first-order valence-corrected chi connectivity index (χ1v) is 7.15. The maximum atomic E-state index is 9.73. The third-order valence-corrected chi connectivity index (χ3v) is 4.18. The van der Waals surface area contributed by atoms with Gasteiger partial charge in [0.25, 0.3) is 0 Å². The minimum absolute atomic E-state index is 0.0540. The van der Waals surface area contributed by atoms with Gasteiger partial charge in [0.2, 0.25) is 0 Å². The molecule has 1 atom stereocenters. The summed E-state index contributed by atoms with van der Waals surface area (Å²) in [5, 5.41) is 18.9. The van der Waals surface area contributed by atoms with Gasteiger partial charge < -0.3 is 5.11 Å². The number of benzene rings is 1. The minimum atomic E-state index is -0.0540. The summed E-state index contributed by atoms with van der Waals surface area (Å²) in [7, 11) is 0. The summed E-state index contributed by atoms with van der Waals surface area (Å²) in [6.07, 6.45) is 4.89. The Kier molecular flexibility index (Phi) is 4.94. The number of rotatable bonds is 5. The zero-order chi connectivity index (χ0) is 14.4. The predicted molar refractivity (Wildman–Crippen MR) is 80.0 cm³/mol. The molecule has 0 aromatic heterocycles. The molecular formula is C17H22N2O. The van der Waals surface area contributed by atoms with Crippen LogP contribution in [-0.2, 0) is 6.54 Å². The molecule has 0 amide bonds. The first kappa shape index (κ1) is 14.8. The lowest BCUT2D eigenvalue weighted by molar-refractivity contribution is 0.0309. The molecule has 0 aliphatic carbocycles. The molecule has 1 heterocycles. The van der Waals surface area contributed by atoms with Crippen molar-refractivity contribution in [2.24, 2.45) is 5.41 Å². The van der Waals surface area contributed by atoms with Crippen LogP contribution in [0.2, 0.25) is 0 Å². The van der Waals surface area contributed by atoms with Gasteiger partial charge in [-0.25, -0.2) is 0 Å². The molecule has 0 bridgehead atoms. The van der Waals surface area contributed by atoms with E-state index in [1.54, 1.807) is 0 Å². The van der Waals surface area contributed by atoms with Crippen molar-refractivity contribution in [2.75, 3.05) is 19.7 Å². The normalized spacial score (nSPS) is 23.2. The first-order valence-electron chi connectivity index (χ1n) is 7.15. The van der Waals surface area contributed by atoms with Gasteiger partial charge in [-0.1, -0.05) is 24.3 Å². The second-order valence-corrected chi connectivity index (χ2v) is 5.73. The van der Waals surface area contributed by atoms with Crippen LogP contribution in [0.3, 0.4) is 0 Å². The molecule has 3 nitrogen and oxygen atoms in total. The molecule has 1 N–H and O–H groups in total. The predicted octanol–water partition coefficient (Wildman–Crippen LogP) is 2.71. The van der Waals surface area contributed by atoms with Gasteiger partial charge >= 0.3 is 0 Å². The van der Waals surface area contributed by atoms with E-state index < -0.39 is 0 Å². The summed E-state index contributed by atoms with van der Waals surface area (Å²) >= 11 is 0. The third kappa shape index (κ3) is 3.27. The fourth-order valence-corrected chi connectivity index (χ4v) is 3.12. The zero-order valence-electron chi connectivity index (χ0n) is 11.9. The summed E-state index contributed by atoms with van der Waals surface area (Å²) in [5.41, 5.74) is 1.76. The van der Waals surface area contributed by atoms with Gasteiger partial charge in [-0.2, -0.15) is 5.26 Å². The summed E-state index contributed by atoms with van der Waals surface area (Å²) in [6, 6.07) is 10.0. The van der Waals surface area contributed by atoms with Crippen LogP contribution >= 0.6 is 0 Å². The molecule has 1 saturated heterocycles. The van der Waals surface area contributed by atoms with Gasteiger partial charge in [-0.3, -0.25) is 4.90 Å². The molecule has 1 fully saturated rings. The Morgan fingerprint density at radius 1 is 1.45 bits per heavy atom. The van der Waals surface area contributed by atoms with Crippen LogP contribution in [0.5, 0.6) is 0 Å². The second kappa shape index (κ2) is 6.69. The van der Waals surface area contributed by atoms with E-state index in [0.717, 1.165) is 50.0 Å². The number of nitrogens with zero attached hydrogens (tertiary/aromatic N) is 2. The number of hydrogen-bond donors (Lipinski definition) is 1. The van der Waals surface area contributed by atoms with Crippen molar-refractivity contribution >= 4 is 0 Å². The van der Waals surface area contributed by atoms with Crippen molar-refractivity contribution < 1.29 is 5.11 Å². The van der Waals surface area contributed by atoms with Gasteiger partial charge in [0.1, 0.15) is 0 Å². The molecule has 1 aliphatic heterocycles. The van der Waals surface area contributed by atoms with Crippen LogP contribution in [0.1, 0.15) is 30.4 Å². The molecule has 1 aromatic carbocycles. The molecule has 0 unspecified atom stereocenters. The Bertz CT molecular complexity index is 506. The third-order valence-electron chi connectivity index (χ3n) is 4.18. The van der Waals surface area contributed by atoms with Crippen LogP contribution in [-0.4, -0.2) is 29.7 Å². The van der Waals surface area contributed by atoms with Crippen LogP contribution < -0.4 is 0 Å². The highest BCUT2D eigenvalue weighted by Gasteiger charge is 2.33. The van der Waals surface area contributed by atoms with Crippen molar-refractivity contribution in [2.45, 2.75) is 25.8 Å². The van der Waals surface area contributed by atoms with Crippen molar-refractivity contribution in [3.63, 3.8) is 0 Å². The highest BCUT2D eigenvalue weighted by molar-refractivity contribution is 5.37. The molecular weight excluding hydrogens is 248 g/mol. The topological polar surface area (TPSA) is 47.3 Å². The first-order chi connectivity index (χ1) is 9.73. The highest BCUT2D eigenvalue weighted by Crippen LogP contribution is 2.34. The minimum Gasteiger partial charge on any atom is -0.396 e. The van der Waals surface area contributed by atoms with Gasteiger partial charge in [-0.15, -0.1) is 6.58 Å². The molecule has 0 spiro atoms. The number of nitriles is 1. The van der Waals surface area contributed by atoms with E-state index in [0.29, 0.717) is 0 Å². The molecule has 106 valence electrons. The van der Waals surface area contributed by atoms with E-state index in [9.17, 15) is 5.11 Å². The van der Waals surface area contributed by atoms with Crippen molar-refractivity contribution in [3.8, 4) is 6.07 Å². The summed E-state index contributed by atoms with van der Waals surface area (Å²) in [4.78, 5) is 2.35. The Labute approximate surface area is 121 Å². The lowest BCUT2D eigenvalue weighted by atomic mass is 9.77. The molecule has 1 aromatic rings. The zero-order valence-corrected chi connectivity index (χ0v) is 11.9. The quantitative estimate of drug-likeness (QED) is 0.837. The van der Waals surface area contributed by atoms with Crippen molar-refractivity contribution in [3.05, 3.63) is 48.0 Å². The van der Waals surface area contributed by atoms with Gasteiger partial charge in [0.15, 0.2) is 0 Å². The van der Waals surface area contributed by atoms with Crippen LogP contribution in [0.15, 0.2) is 36.9 Å². The van der Waals surface area contributed by atoms with Crippen LogP contribution in [0, 0.1) is 16.7 Å². The average Bonchev–Trinajstić information content (AvgIpc) is 2.48. The van der Waals surface area contributed by atoms with E-state index >= 15 is 0 Å². The Morgan fingerprint density at radius 2 is 2.25 bits per heavy atom. The Balaban J connectivity index is 2.10. The SMILES string of the molecule is C=CC[C@@]1(CO)CCCN(Cc2ccccc2C#N)C1. The highest BCUT2D eigenvalue weighted by atomic mass is 16.3. The summed E-state index contributed by atoms with van der Waals surface area (Å²) in [6.45, 7) is 6.69. The second-order valence-electron chi connectivity index (χ2n) is 5.73. The smallest absolute Gasteiger partial charge is 0.0995 e. The fraction of sp³-hybridized carbons (Fsp3) is 0.471. The number of likely N-dealkylation sites (tertiary alicyclic amines) is 1. The monoisotopic (exact) mass is 270 g/mol. The molecule has 20 heavy (non-hydrogen) atoms. The molecule has 3 heteroatoms. The van der Waals surface area contributed by atoms with Gasteiger partial charge in [-0.05, 0) is 37.4 Å². The van der Waals surface area contributed by atoms with Crippen molar-refractivity contribution in [1.29, 1.82) is 5.26 Å². The van der Waals surface area contributed by atoms with Crippen LogP contribution in [0.25, 0.3) is 0 Å². The van der Waals surface area contributed by atoms with E-state index in [1.165, 1.54) is 0 Å². The van der Waals surface area contributed by atoms with E-state index in [2.05, 4.69) is 17.5 Å². The van der Waals surface area contributed by atoms with Crippen molar-refractivity contribution in [1.82, 2.24) is 4.90 Å². The van der Waals surface area contributed by atoms with E-state index in [4.69, 9.17) is 5.26 Å². The Hall–Kier alpha value is -1.63. The van der Waals surface area contributed by atoms with E-state index in [-0.39, 0.29) is 12.0 Å². The van der Waals surface area contributed by atoms with Gasteiger partial charge in [0.05, 0.1) is 18.2 Å². The fourth-order valence-electron chi connectivity index (χ4n) is 3.12. The lowest BCUT2D eigenvalue weighted by Crippen LogP contribution is -2.44. The maximum absolute atomic E-state index is 9.73. The molecule has 0 radical (unpaired) electrons. The summed E-state index contributed by atoms with van der Waals surface area (Å²) < 4.78 is 0. The number of allylic oxidation sites excluding steroid dienone is 1. The maximum Gasteiger partial charge on any atom is 0.0995 e. The lowest BCUT2D eigenvalue weighted by Gasteiger charge is -2.41. The van der Waals surface area contributed by atoms with E-state index in [1.807, 2.05) is 30.3 Å².